The van der Waals surface area contributed by atoms with Crippen LogP contribution >= 0.6 is 0 Å². The summed E-state index contributed by atoms with van der Waals surface area (Å²) in [6.07, 6.45) is 0.700. The van der Waals surface area contributed by atoms with Crippen molar-refractivity contribution in [3.8, 4) is 11.8 Å². The quantitative estimate of drug-likeness (QED) is 0.373. The zero-order valence-corrected chi connectivity index (χ0v) is 7.28. The van der Waals surface area contributed by atoms with Gasteiger partial charge in [0, 0.05) is 12.5 Å². The van der Waals surface area contributed by atoms with Crippen LogP contribution in [0.4, 0.5) is 5.69 Å². The topological polar surface area (TPSA) is 43.1 Å². The summed E-state index contributed by atoms with van der Waals surface area (Å²) < 4.78 is 0. The fourth-order valence-corrected chi connectivity index (χ4v) is 0.922. The van der Waals surface area contributed by atoms with Crippen LogP contribution in [0.3, 0.4) is 0 Å². The SMILES string of the molecule is CCC#Cc1ccccc1[N+](=O)[O-]. The van der Waals surface area contributed by atoms with Crippen LogP contribution in [0.5, 0.6) is 0 Å². The van der Waals surface area contributed by atoms with Gasteiger partial charge in [-0.3, -0.25) is 10.1 Å². The minimum absolute atomic E-state index is 0.0726. The van der Waals surface area contributed by atoms with E-state index in [1.54, 1.807) is 18.2 Å². The highest BCUT2D eigenvalue weighted by Gasteiger charge is 2.08. The molecule has 3 heteroatoms. The largest absolute Gasteiger partial charge is 0.284 e. The van der Waals surface area contributed by atoms with Crippen LogP contribution in [0.1, 0.15) is 18.9 Å². The lowest BCUT2D eigenvalue weighted by atomic mass is 10.2. The summed E-state index contributed by atoms with van der Waals surface area (Å²) in [5.74, 6) is 5.56. The van der Waals surface area contributed by atoms with Crippen molar-refractivity contribution in [2.75, 3.05) is 0 Å². The van der Waals surface area contributed by atoms with E-state index in [1.165, 1.54) is 6.07 Å². The van der Waals surface area contributed by atoms with Crippen LogP contribution in [0, 0.1) is 22.0 Å². The average molecular weight is 175 g/mol. The van der Waals surface area contributed by atoms with E-state index in [0.29, 0.717) is 12.0 Å². The minimum Gasteiger partial charge on any atom is -0.258 e. The van der Waals surface area contributed by atoms with Crippen molar-refractivity contribution in [3.63, 3.8) is 0 Å². The highest BCUT2D eigenvalue weighted by molar-refractivity contribution is 5.50. The molecule has 13 heavy (non-hydrogen) atoms. The van der Waals surface area contributed by atoms with Crippen LogP contribution < -0.4 is 0 Å². The summed E-state index contributed by atoms with van der Waals surface area (Å²) in [7, 11) is 0. The Labute approximate surface area is 76.5 Å². The van der Waals surface area contributed by atoms with E-state index >= 15 is 0 Å². The molecule has 1 aromatic carbocycles. The van der Waals surface area contributed by atoms with Gasteiger partial charge in [-0.05, 0) is 6.07 Å². The average Bonchev–Trinajstić information content (AvgIpc) is 2.15. The fraction of sp³-hybridized carbons (Fsp3) is 0.200. The van der Waals surface area contributed by atoms with E-state index < -0.39 is 4.92 Å². The molecule has 0 N–H and O–H groups in total. The molecule has 0 bridgehead atoms. The van der Waals surface area contributed by atoms with E-state index in [2.05, 4.69) is 11.8 Å². The Kier molecular flexibility index (Phi) is 3.04. The molecule has 0 aliphatic heterocycles. The van der Waals surface area contributed by atoms with Crippen LogP contribution in [0.15, 0.2) is 24.3 Å². The second kappa shape index (κ2) is 4.27. The van der Waals surface area contributed by atoms with Gasteiger partial charge in [-0.15, -0.1) is 0 Å². The molecule has 0 heterocycles. The van der Waals surface area contributed by atoms with Gasteiger partial charge < -0.3 is 0 Å². The summed E-state index contributed by atoms with van der Waals surface area (Å²) in [6.45, 7) is 1.90. The van der Waals surface area contributed by atoms with Crippen LogP contribution in [0.25, 0.3) is 0 Å². The molecule has 0 aliphatic rings. The van der Waals surface area contributed by atoms with E-state index in [9.17, 15) is 10.1 Å². The summed E-state index contributed by atoms with van der Waals surface area (Å²) in [5, 5.41) is 10.5. The van der Waals surface area contributed by atoms with Crippen molar-refractivity contribution in [2.24, 2.45) is 0 Å². The third kappa shape index (κ3) is 2.31. The second-order valence-corrected chi connectivity index (χ2v) is 2.43. The van der Waals surface area contributed by atoms with Crippen molar-refractivity contribution in [2.45, 2.75) is 13.3 Å². The fourth-order valence-electron chi connectivity index (χ4n) is 0.922. The number of rotatable bonds is 1. The molecule has 0 fully saturated rings. The Morgan fingerprint density at radius 1 is 1.46 bits per heavy atom. The van der Waals surface area contributed by atoms with Gasteiger partial charge in [0.25, 0.3) is 5.69 Å². The van der Waals surface area contributed by atoms with Crippen molar-refractivity contribution >= 4 is 5.69 Å². The molecule has 0 spiro atoms. The third-order valence-electron chi connectivity index (χ3n) is 1.50. The van der Waals surface area contributed by atoms with Crippen LogP contribution in [0.2, 0.25) is 0 Å². The summed E-state index contributed by atoms with van der Waals surface area (Å²) >= 11 is 0. The first-order valence-corrected chi connectivity index (χ1v) is 3.98. The normalized spacial score (nSPS) is 8.69. The molecule has 0 aliphatic carbocycles. The summed E-state index contributed by atoms with van der Waals surface area (Å²) in [6, 6.07) is 6.49. The molecule has 0 aromatic heterocycles. The van der Waals surface area contributed by atoms with Crippen molar-refractivity contribution < 1.29 is 4.92 Å². The van der Waals surface area contributed by atoms with Gasteiger partial charge in [-0.25, -0.2) is 0 Å². The molecule has 0 atom stereocenters. The van der Waals surface area contributed by atoms with Crippen molar-refractivity contribution in [1.29, 1.82) is 0 Å². The van der Waals surface area contributed by atoms with E-state index in [4.69, 9.17) is 0 Å². The molecular formula is C10H9NO2. The number of nitrogens with zero attached hydrogens (tertiary/aromatic N) is 1. The lowest BCUT2D eigenvalue weighted by Crippen LogP contribution is -1.90. The number of hydrogen-bond donors (Lipinski definition) is 0. The Balaban J connectivity index is 3.12. The van der Waals surface area contributed by atoms with E-state index in [1.807, 2.05) is 6.92 Å². The lowest BCUT2D eigenvalue weighted by Gasteiger charge is -1.92. The zero-order valence-electron chi connectivity index (χ0n) is 7.28. The maximum absolute atomic E-state index is 10.5. The molecule has 3 nitrogen and oxygen atoms in total. The molecule has 0 unspecified atom stereocenters. The van der Waals surface area contributed by atoms with Gasteiger partial charge in [0.05, 0.1) is 4.92 Å². The number of benzene rings is 1. The smallest absolute Gasteiger partial charge is 0.258 e. The highest BCUT2D eigenvalue weighted by atomic mass is 16.6. The standard InChI is InChI=1S/C10H9NO2/c1-2-3-6-9-7-4-5-8-10(9)11(12)13/h4-5,7-8H,2H2,1H3. The second-order valence-electron chi connectivity index (χ2n) is 2.43. The Hall–Kier alpha value is -1.82. The van der Waals surface area contributed by atoms with Gasteiger partial charge in [0.1, 0.15) is 5.56 Å². The van der Waals surface area contributed by atoms with E-state index in [-0.39, 0.29) is 5.69 Å². The lowest BCUT2D eigenvalue weighted by molar-refractivity contribution is -0.385. The summed E-state index contributed by atoms with van der Waals surface area (Å²) in [4.78, 5) is 10.1. The predicted octanol–water partition coefficient (Wildman–Crippen LogP) is 2.36. The first-order valence-electron chi connectivity index (χ1n) is 3.98. The van der Waals surface area contributed by atoms with Crippen molar-refractivity contribution in [3.05, 3.63) is 39.9 Å². The predicted molar refractivity (Wildman–Crippen MR) is 50.3 cm³/mol. The molecule has 0 saturated heterocycles. The zero-order chi connectivity index (χ0) is 9.68. The highest BCUT2D eigenvalue weighted by Crippen LogP contribution is 2.15. The minimum atomic E-state index is -0.417. The first kappa shape index (κ1) is 9.27. The molecule has 0 saturated carbocycles. The van der Waals surface area contributed by atoms with Crippen LogP contribution in [-0.4, -0.2) is 4.92 Å². The first-order chi connectivity index (χ1) is 6.25. The van der Waals surface area contributed by atoms with Gasteiger partial charge in [-0.2, -0.15) is 0 Å². The number of hydrogen-bond acceptors (Lipinski definition) is 2. The summed E-state index contributed by atoms with van der Waals surface area (Å²) in [5.41, 5.74) is 0.554. The van der Waals surface area contributed by atoms with Gasteiger partial charge in [0.2, 0.25) is 0 Å². The van der Waals surface area contributed by atoms with E-state index in [0.717, 1.165) is 0 Å². The third-order valence-corrected chi connectivity index (χ3v) is 1.50. The molecule has 1 rings (SSSR count). The van der Waals surface area contributed by atoms with Crippen molar-refractivity contribution in [1.82, 2.24) is 0 Å². The maximum atomic E-state index is 10.5. The number of nitro benzene ring substituents is 1. The van der Waals surface area contributed by atoms with Gasteiger partial charge in [-0.1, -0.05) is 30.9 Å². The molecule has 0 amide bonds. The van der Waals surface area contributed by atoms with Gasteiger partial charge in [0.15, 0.2) is 0 Å². The van der Waals surface area contributed by atoms with Gasteiger partial charge >= 0.3 is 0 Å². The Morgan fingerprint density at radius 2 is 2.15 bits per heavy atom. The molecule has 66 valence electrons. The molecule has 1 aromatic rings. The maximum Gasteiger partial charge on any atom is 0.284 e. The number of nitro groups is 1. The Bertz CT molecular complexity index is 374. The molecule has 0 radical (unpaired) electrons. The number of para-hydroxylation sites is 1. The van der Waals surface area contributed by atoms with Crippen LogP contribution in [-0.2, 0) is 0 Å². The monoisotopic (exact) mass is 175 g/mol. The Morgan fingerprint density at radius 3 is 2.77 bits per heavy atom. The molecular weight excluding hydrogens is 166 g/mol.